The van der Waals surface area contributed by atoms with Crippen LogP contribution in [0.5, 0.6) is 11.5 Å². The molecule has 0 saturated carbocycles. The van der Waals surface area contributed by atoms with Crippen LogP contribution in [-0.2, 0) is 0 Å². The summed E-state index contributed by atoms with van der Waals surface area (Å²) < 4.78 is 24.5. The SMILES string of the molecule is COc1ccc(F)cc1C(=O)COc1ccc(Br)cc1. The molecule has 5 heteroatoms. The van der Waals surface area contributed by atoms with Crippen molar-refractivity contribution in [3.63, 3.8) is 0 Å². The third-order valence-electron chi connectivity index (χ3n) is 2.65. The highest BCUT2D eigenvalue weighted by atomic mass is 79.9. The van der Waals surface area contributed by atoms with E-state index >= 15 is 0 Å². The lowest BCUT2D eigenvalue weighted by molar-refractivity contribution is 0.0918. The molecule has 0 fully saturated rings. The smallest absolute Gasteiger partial charge is 0.204 e. The van der Waals surface area contributed by atoms with Crippen LogP contribution in [0.1, 0.15) is 10.4 Å². The highest BCUT2D eigenvalue weighted by Gasteiger charge is 2.14. The number of rotatable bonds is 5. The molecule has 0 aliphatic heterocycles. The molecule has 0 heterocycles. The number of Topliss-reactive ketones (excluding diaryl/α,β-unsaturated/α-hetero) is 1. The summed E-state index contributed by atoms with van der Waals surface area (Å²) >= 11 is 3.31. The quantitative estimate of drug-likeness (QED) is 0.776. The molecule has 0 aliphatic carbocycles. The van der Waals surface area contributed by atoms with Gasteiger partial charge in [0.05, 0.1) is 12.7 Å². The fourth-order valence-electron chi connectivity index (χ4n) is 1.66. The summed E-state index contributed by atoms with van der Waals surface area (Å²) in [6, 6.07) is 10.9. The number of carbonyl (C=O) groups is 1. The number of ether oxygens (including phenoxy) is 2. The van der Waals surface area contributed by atoms with Gasteiger partial charge in [-0.2, -0.15) is 0 Å². The number of hydrogen-bond acceptors (Lipinski definition) is 3. The molecule has 20 heavy (non-hydrogen) atoms. The van der Waals surface area contributed by atoms with Crippen molar-refractivity contribution in [2.24, 2.45) is 0 Å². The van der Waals surface area contributed by atoms with Crippen LogP contribution in [0.3, 0.4) is 0 Å². The lowest BCUT2D eigenvalue weighted by Gasteiger charge is -2.09. The Balaban J connectivity index is 2.08. The third-order valence-corrected chi connectivity index (χ3v) is 3.17. The largest absolute Gasteiger partial charge is 0.496 e. The monoisotopic (exact) mass is 338 g/mol. The maximum atomic E-state index is 13.2. The summed E-state index contributed by atoms with van der Waals surface area (Å²) in [5, 5.41) is 0. The Bertz CT molecular complexity index is 611. The van der Waals surface area contributed by atoms with Gasteiger partial charge in [0.1, 0.15) is 17.3 Å². The normalized spacial score (nSPS) is 10.2. The molecular weight excluding hydrogens is 327 g/mol. The first-order valence-electron chi connectivity index (χ1n) is 5.85. The summed E-state index contributed by atoms with van der Waals surface area (Å²) in [7, 11) is 1.43. The van der Waals surface area contributed by atoms with Crippen LogP contribution in [0.25, 0.3) is 0 Å². The van der Waals surface area contributed by atoms with Crippen molar-refractivity contribution >= 4 is 21.7 Å². The minimum absolute atomic E-state index is 0.171. The minimum atomic E-state index is -0.488. The fourth-order valence-corrected chi connectivity index (χ4v) is 1.92. The van der Waals surface area contributed by atoms with Crippen molar-refractivity contribution in [2.75, 3.05) is 13.7 Å². The maximum Gasteiger partial charge on any atom is 0.204 e. The molecule has 0 aliphatic rings. The van der Waals surface area contributed by atoms with Crippen LogP contribution in [0.4, 0.5) is 4.39 Å². The number of carbonyl (C=O) groups excluding carboxylic acids is 1. The average Bonchev–Trinajstić information content (AvgIpc) is 2.46. The number of benzene rings is 2. The standard InChI is InChI=1S/C15H12BrFO3/c1-19-15-7-4-11(17)8-13(15)14(18)9-20-12-5-2-10(16)3-6-12/h2-8H,9H2,1H3. The van der Waals surface area contributed by atoms with Crippen molar-refractivity contribution in [1.82, 2.24) is 0 Å². The van der Waals surface area contributed by atoms with E-state index in [1.54, 1.807) is 12.1 Å². The highest BCUT2D eigenvalue weighted by molar-refractivity contribution is 9.10. The zero-order valence-electron chi connectivity index (χ0n) is 10.7. The molecule has 0 spiro atoms. The van der Waals surface area contributed by atoms with Gasteiger partial charge in [-0.25, -0.2) is 4.39 Å². The summed E-state index contributed by atoms with van der Waals surface area (Å²) in [4.78, 5) is 12.0. The lowest BCUT2D eigenvalue weighted by atomic mass is 10.1. The van der Waals surface area contributed by atoms with E-state index in [4.69, 9.17) is 9.47 Å². The number of hydrogen-bond donors (Lipinski definition) is 0. The molecule has 0 saturated heterocycles. The van der Waals surface area contributed by atoms with E-state index in [1.165, 1.54) is 19.2 Å². The van der Waals surface area contributed by atoms with Gasteiger partial charge in [0.2, 0.25) is 5.78 Å². The molecule has 0 aromatic heterocycles. The Morgan fingerprint density at radius 1 is 1.20 bits per heavy atom. The second kappa shape index (κ2) is 6.52. The summed E-state index contributed by atoms with van der Waals surface area (Å²) in [5.41, 5.74) is 0.171. The molecule has 2 rings (SSSR count). The summed E-state index contributed by atoms with van der Waals surface area (Å²) in [6.07, 6.45) is 0. The molecule has 0 unspecified atom stereocenters. The zero-order valence-corrected chi connectivity index (χ0v) is 12.3. The Morgan fingerprint density at radius 3 is 2.55 bits per heavy atom. The second-order valence-corrected chi connectivity index (χ2v) is 4.93. The first-order chi connectivity index (χ1) is 9.60. The van der Waals surface area contributed by atoms with Crippen LogP contribution in [0.2, 0.25) is 0 Å². The molecule has 0 N–H and O–H groups in total. The number of methoxy groups -OCH3 is 1. The Hall–Kier alpha value is -1.88. The van der Waals surface area contributed by atoms with E-state index in [2.05, 4.69) is 15.9 Å². The molecule has 0 amide bonds. The number of halogens is 2. The van der Waals surface area contributed by atoms with Crippen molar-refractivity contribution < 1.29 is 18.7 Å². The van der Waals surface area contributed by atoms with Gasteiger partial charge in [-0.1, -0.05) is 15.9 Å². The van der Waals surface area contributed by atoms with E-state index in [9.17, 15) is 9.18 Å². The Morgan fingerprint density at radius 2 is 1.90 bits per heavy atom. The van der Waals surface area contributed by atoms with Crippen LogP contribution < -0.4 is 9.47 Å². The van der Waals surface area contributed by atoms with Crippen LogP contribution in [0, 0.1) is 5.82 Å². The van der Waals surface area contributed by atoms with E-state index in [-0.39, 0.29) is 18.0 Å². The Kier molecular flexibility index (Phi) is 4.74. The zero-order chi connectivity index (χ0) is 14.5. The van der Waals surface area contributed by atoms with Crippen LogP contribution in [0.15, 0.2) is 46.9 Å². The predicted octanol–water partition coefficient (Wildman–Crippen LogP) is 3.86. The third kappa shape index (κ3) is 3.57. The minimum Gasteiger partial charge on any atom is -0.496 e. The lowest BCUT2D eigenvalue weighted by Crippen LogP contribution is -2.13. The van der Waals surface area contributed by atoms with Crippen molar-refractivity contribution in [2.45, 2.75) is 0 Å². The molecule has 104 valence electrons. The molecule has 0 bridgehead atoms. The van der Waals surface area contributed by atoms with Gasteiger partial charge in [-0.15, -0.1) is 0 Å². The second-order valence-electron chi connectivity index (χ2n) is 4.01. The van der Waals surface area contributed by atoms with Crippen LogP contribution >= 0.6 is 15.9 Å². The molecular formula is C15H12BrFO3. The van der Waals surface area contributed by atoms with Crippen molar-refractivity contribution in [1.29, 1.82) is 0 Å². The van der Waals surface area contributed by atoms with Gasteiger partial charge >= 0.3 is 0 Å². The molecule has 2 aromatic carbocycles. The first kappa shape index (κ1) is 14.5. The molecule has 0 radical (unpaired) electrons. The van der Waals surface area contributed by atoms with E-state index < -0.39 is 5.82 Å². The number of ketones is 1. The summed E-state index contributed by atoms with van der Waals surface area (Å²) in [5.74, 6) is 0.0646. The van der Waals surface area contributed by atoms with E-state index in [0.29, 0.717) is 11.5 Å². The van der Waals surface area contributed by atoms with Gasteiger partial charge < -0.3 is 9.47 Å². The van der Waals surface area contributed by atoms with E-state index in [0.717, 1.165) is 10.5 Å². The van der Waals surface area contributed by atoms with Gasteiger partial charge in [0.25, 0.3) is 0 Å². The van der Waals surface area contributed by atoms with Gasteiger partial charge in [0.15, 0.2) is 6.61 Å². The molecule has 2 aromatic rings. The van der Waals surface area contributed by atoms with E-state index in [1.807, 2.05) is 12.1 Å². The first-order valence-corrected chi connectivity index (χ1v) is 6.64. The maximum absolute atomic E-state index is 13.2. The predicted molar refractivity (Wildman–Crippen MR) is 76.9 cm³/mol. The molecule has 0 atom stereocenters. The fraction of sp³-hybridized carbons (Fsp3) is 0.133. The summed E-state index contributed by atoms with van der Waals surface area (Å²) in [6.45, 7) is -0.179. The van der Waals surface area contributed by atoms with Crippen molar-refractivity contribution in [3.8, 4) is 11.5 Å². The van der Waals surface area contributed by atoms with Crippen molar-refractivity contribution in [3.05, 3.63) is 58.3 Å². The Labute approximate surface area is 124 Å². The molecule has 3 nitrogen and oxygen atoms in total. The topological polar surface area (TPSA) is 35.5 Å². The van der Waals surface area contributed by atoms with Crippen LogP contribution in [-0.4, -0.2) is 19.5 Å². The average molecular weight is 339 g/mol. The van der Waals surface area contributed by atoms with Gasteiger partial charge in [-0.3, -0.25) is 4.79 Å². The highest BCUT2D eigenvalue weighted by Crippen LogP contribution is 2.21. The van der Waals surface area contributed by atoms with Gasteiger partial charge in [0, 0.05) is 4.47 Å². The van der Waals surface area contributed by atoms with Gasteiger partial charge in [-0.05, 0) is 42.5 Å².